The number of carbonyl (C=O) groups excluding carboxylic acids is 1. The molecule has 3 heterocycles. The van der Waals surface area contributed by atoms with Gasteiger partial charge in [0, 0.05) is 57.4 Å². The van der Waals surface area contributed by atoms with Gasteiger partial charge in [0.15, 0.2) is 0 Å². The summed E-state index contributed by atoms with van der Waals surface area (Å²) < 4.78 is 3.52. The van der Waals surface area contributed by atoms with Gasteiger partial charge >= 0.3 is 5.69 Å². The first-order valence-corrected chi connectivity index (χ1v) is 10.0. The van der Waals surface area contributed by atoms with Gasteiger partial charge in [-0.05, 0) is 27.7 Å². The van der Waals surface area contributed by atoms with Crippen molar-refractivity contribution in [3.8, 4) is 0 Å². The molecule has 0 atom stereocenters. The molecule has 158 valence electrons. The smallest absolute Gasteiger partial charge is 0.312 e. The summed E-state index contributed by atoms with van der Waals surface area (Å²) in [5.41, 5.74) is 3.21. The first-order chi connectivity index (χ1) is 13.8. The van der Waals surface area contributed by atoms with Crippen molar-refractivity contribution in [2.45, 2.75) is 53.8 Å². The van der Waals surface area contributed by atoms with Gasteiger partial charge in [-0.25, -0.2) is 0 Å². The first kappa shape index (κ1) is 21.0. The number of hydrogen-bond donors (Lipinski definition) is 0. The molecule has 0 spiro atoms. The van der Waals surface area contributed by atoms with Crippen LogP contribution < -0.4 is 0 Å². The third-order valence-corrected chi connectivity index (χ3v) is 5.55. The van der Waals surface area contributed by atoms with Crippen LogP contribution in [0.4, 0.5) is 5.69 Å². The number of rotatable bonds is 7. The van der Waals surface area contributed by atoms with Crippen LogP contribution in [-0.2, 0) is 24.4 Å². The standard InChI is InChI=1S/C19H29N7O3/c1-5-24-13-17(14(2)20-24)12-22-8-10-23(11-9-22)18(27)6-7-25-16(4)19(26(28)29)15(3)21-25/h13H,5-12H2,1-4H3. The fraction of sp³-hybridized carbons (Fsp3) is 0.632. The fourth-order valence-electron chi connectivity index (χ4n) is 3.80. The molecule has 0 bridgehead atoms. The van der Waals surface area contributed by atoms with Crippen LogP contribution >= 0.6 is 0 Å². The molecule has 0 N–H and O–H groups in total. The minimum absolute atomic E-state index is 0.0350. The maximum absolute atomic E-state index is 12.6. The van der Waals surface area contributed by atoms with Crippen molar-refractivity contribution in [2.24, 2.45) is 0 Å². The highest BCUT2D eigenvalue weighted by molar-refractivity contribution is 5.76. The molecule has 1 aliphatic heterocycles. The molecule has 1 amide bonds. The van der Waals surface area contributed by atoms with Crippen LogP contribution in [0.15, 0.2) is 6.20 Å². The van der Waals surface area contributed by atoms with Gasteiger partial charge in [0.25, 0.3) is 0 Å². The molecule has 1 fully saturated rings. The van der Waals surface area contributed by atoms with E-state index in [2.05, 4.69) is 28.2 Å². The molecule has 3 rings (SSSR count). The molecule has 2 aromatic heterocycles. The van der Waals surface area contributed by atoms with Crippen molar-refractivity contribution in [3.63, 3.8) is 0 Å². The molecule has 2 aromatic rings. The molecule has 0 radical (unpaired) electrons. The lowest BCUT2D eigenvalue weighted by molar-refractivity contribution is -0.386. The van der Waals surface area contributed by atoms with Crippen molar-refractivity contribution in [1.82, 2.24) is 29.4 Å². The quantitative estimate of drug-likeness (QED) is 0.515. The monoisotopic (exact) mass is 403 g/mol. The molecule has 1 aliphatic rings. The van der Waals surface area contributed by atoms with Gasteiger partial charge < -0.3 is 4.90 Å². The second-order valence-electron chi connectivity index (χ2n) is 7.50. The number of amides is 1. The summed E-state index contributed by atoms with van der Waals surface area (Å²) in [5, 5.41) is 19.8. The molecule has 29 heavy (non-hydrogen) atoms. The first-order valence-electron chi connectivity index (χ1n) is 10.0. The average Bonchev–Trinajstić information content (AvgIpc) is 3.18. The van der Waals surface area contributed by atoms with E-state index in [0.717, 1.165) is 31.9 Å². The van der Waals surface area contributed by atoms with Gasteiger partial charge in [0.2, 0.25) is 5.91 Å². The van der Waals surface area contributed by atoms with Gasteiger partial charge in [-0.2, -0.15) is 10.2 Å². The minimum atomic E-state index is -0.416. The van der Waals surface area contributed by atoms with Gasteiger partial charge in [0.1, 0.15) is 11.4 Å². The van der Waals surface area contributed by atoms with E-state index >= 15 is 0 Å². The molecular weight excluding hydrogens is 374 g/mol. The predicted molar refractivity (Wildman–Crippen MR) is 107 cm³/mol. The molecule has 1 saturated heterocycles. The molecule has 0 aliphatic carbocycles. The predicted octanol–water partition coefficient (Wildman–Crippen LogP) is 1.67. The SMILES string of the molecule is CCn1cc(CN2CCN(C(=O)CCn3nc(C)c([N+](=O)[O-])c3C)CC2)c(C)n1. The van der Waals surface area contributed by atoms with Crippen molar-refractivity contribution in [3.05, 3.63) is 39.0 Å². The number of nitro groups is 1. The van der Waals surface area contributed by atoms with Crippen molar-refractivity contribution >= 4 is 11.6 Å². The highest BCUT2D eigenvalue weighted by Gasteiger charge is 2.24. The average molecular weight is 403 g/mol. The Morgan fingerprint density at radius 2 is 1.83 bits per heavy atom. The zero-order valence-corrected chi connectivity index (χ0v) is 17.6. The third-order valence-electron chi connectivity index (χ3n) is 5.55. The van der Waals surface area contributed by atoms with Crippen LogP contribution in [0.5, 0.6) is 0 Å². The molecule has 10 nitrogen and oxygen atoms in total. The Morgan fingerprint density at radius 3 is 2.38 bits per heavy atom. The topological polar surface area (TPSA) is 102 Å². The Kier molecular flexibility index (Phi) is 6.31. The van der Waals surface area contributed by atoms with Crippen molar-refractivity contribution < 1.29 is 9.72 Å². The van der Waals surface area contributed by atoms with Crippen LogP contribution in [-0.4, -0.2) is 66.4 Å². The number of carbonyl (C=O) groups is 1. The number of piperazine rings is 1. The lowest BCUT2D eigenvalue weighted by atomic mass is 10.2. The maximum atomic E-state index is 12.6. The lowest BCUT2D eigenvalue weighted by Crippen LogP contribution is -2.48. The lowest BCUT2D eigenvalue weighted by Gasteiger charge is -2.34. The normalized spacial score (nSPS) is 15.1. The van der Waals surface area contributed by atoms with Crippen LogP contribution in [0.25, 0.3) is 0 Å². The summed E-state index contributed by atoms with van der Waals surface area (Å²) in [6.45, 7) is 12.5. The summed E-state index contributed by atoms with van der Waals surface area (Å²) >= 11 is 0. The Bertz CT molecular complexity index is 894. The van der Waals surface area contributed by atoms with Gasteiger partial charge in [-0.15, -0.1) is 0 Å². The summed E-state index contributed by atoms with van der Waals surface area (Å²) in [6, 6.07) is 0. The molecule has 10 heteroatoms. The zero-order valence-electron chi connectivity index (χ0n) is 17.6. The van der Waals surface area contributed by atoms with Crippen molar-refractivity contribution in [1.29, 1.82) is 0 Å². The van der Waals surface area contributed by atoms with Gasteiger partial charge in [-0.3, -0.25) is 29.2 Å². The van der Waals surface area contributed by atoms with E-state index in [4.69, 9.17) is 0 Å². The highest BCUT2D eigenvalue weighted by Crippen LogP contribution is 2.22. The summed E-state index contributed by atoms with van der Waals surface area (Å²) in [4.78, 5) is 27.5. The Hall–Kier alpha value is -2.75. The summed E-state index contributed by atoms with van der Waals surface area (Å²) in [6.07, 6.45) is 2.39. The molecule has 0 aromatic carbocycles. The largest absolute Gasteiger partial charge is 0.340 e. The van der Waals surface area contributed by atoms with Crippen molar-refractivity contribution in [2.75, 3.05) is 26.2 Å². The Balaban J connectivity index is 1.49. The minimum Gasteiger partial charge on any atom is -0.340 e. The van der Waals surface area contributed by atoms with E-state index < -0.39 is 4.92 Å². The van der Waals surface area contributed by atoms with E-state index in [1.165, 1.54) is 5.56 Å². The third kappa shape index (κ3) is 4.64. The maximum Gasteiger partial charge on any atom is 0.312 e. The zero-order chi connectivity index (χ0) is 21.1. The molecular formula is C19H29N7O3. The van der Waals surface area contributed by atoms with Crippen LogP contribution in [0.2, 0.25) is 0 Å². The number of nitrogens with zero attached hydrogens (tertiary/aromatic N) is 7. The highest BCUT2D eigenvalue weighted by atomic mass is 16.6. The van der Waals surface area contributed by atoms with E-state index in [1.54, 1.807) is 18.5 Å². The van der Waals surface area contributed by atoms with Gasteiger partial charge in [0.05, 0.1) is 17.2 Å². The number of aryl methyl sites for hydroxylation is 4. The van der Waals surface area contributed by atoms with Crippen LogP contribution in [0, 0.1) is 30.9 Å². The number of hydrogen-bond acceptors (Lipinski definition) is 6. The molecule has 0 saturated carbocycles. The number of aromatic nitrogens is 4. The Labute approximate surface area is 170 Å². The second kappa shape index (κ2) is 8.73. The summed E-state index contributed by atoms with van der Waals surface area (Å²) in [5.74, 6) is 0.0647. The molecule has 0 unspecified atom stereocenters. The van der Waals surface area contributed by atoms with E-state index in [1.807, 2.05) is 16.5 Å². The van der Waals surface area contributed by atoms with E-state index in [0.29, 0.717) is 37.4 Å². The van der Waals surface area contributed by atoms with Crippen LogP contribution in [0.1, 0.15) is 36.0 Å². The van der Waals surface area contributed by atoms with Gasteiger partial charge in [-0.1, -0.05) is 0 Å². The Morgan fingerprint density at radius 1 is 1.14 bits per heavy atom. The summed E-state index contributed by atoms with van der Waals surface area (Å²) in [7, 11) is 0. The second-order valence-corrected chi connectivity index (χ2v) is 7.50. The van der Waals surface area contributed by atoms with E-state index in [9.17, 15) is 14.9 Å². The fourth-order valence-corrected chi connectivity index (χ4v) is 3.80. The van der Waals surface area contributed by atoms with E-state index in [-0.39, 0.29) is 11.6 Å². The van der Waals surface area contributed by atoms with Crippen LogP contribution in [0.3, 0.4) is 0 Å².